The number of rotatable bonds is 4. The van der Waals surface area contributed by atoms with Crippen molar-refractivity contribution in [3.63, 3.8) is 0 Å². The highest BCUT2D eigenvalue weighted by molar-refractivity contribution is 7.12. The molecule has 1 saturated heterocycles. The maximum absolute atomic E-state index is 4.84. The monoisotopic (exact) mass is 401 g/mol. The molecule has 2 aromatic heterocycles. The molecule has 1 N–H and O–H groups in total. The van der Waals surface area contributed by atoms with E-state index in [4.69, 9.17) is 4.98 Å². The summed E-state index contributed by atoms with van der Waals surface area (Å²) in [6.07, 6.45) is 7.56. The lowest BCUT2D eigenvalue weighted by Gasteiger charge is -2.37. The second kappa shape index (κ2) is 8.13. The molecule has 3 aromatic rings. The first-order valence-electron chi connectivity index (χ1n) is 10.6. The Labute approximate surface area is 176 Å². The number of nitrogens with one attached hydrogen (secondary N) is 1. The topological polar surface area (TPSA) is 28.2 Å². The molecular formula is C25H27N3S. The quantitative estimate of drug-likeness (QED) is 0.729. The molecule has 148 valence electrons. The van der Waals surface area contributed by atoms with Crippen LogP contribution in [-0.2, 0) is 12.8 Å². The summed E-state index contributed by atoms with van der Waals surface area (Å²) >= 11 is 1.93. The SMILES string of the molecule is Cc1cc2c(s1)CC=c1cccnc1=C2N1CCNC(CCc2ccccc2)C1. The third-order valence-corrected chi connectivity index (χ3v) is 7.03. The second-order valence-corrected chi connectivity index (χ2v) is 9.35. The van der Waals surface area contributed by atoms with Crippen molar-refractivity contribution in [2.75, 3.05) is 19.6 Å². The van der Waals surface area contributed by atoms with Crippen LogP contribution in [0.15, 0.2) is 54.7 Å². The van der Waals surface area contributed by atoms with Crippen molar-refractivity contribution in [1.82, 2.24) is 15.2 Å². The predicted molar refractivity (Wildman–Crippen MR) is 121 cm³/mol. The lowest BCUT2D eigenvalue weighted by atomic mass is 10.0. The number of hydrogen-bond acceptors (Lipinski definition) is 4. The van der Waals surface area contributed by atoms with Gasteiger partial charge in [-0.2, -0.15) is 0 Å². The molecule has 0 radical (unpaired) electrons. The molecular weight excluding hydrogens is 374 g/mol. The zero-order valence-electron chi connectivity index (χ0n) is 16.9. The van der Waals surface area contributed by atoms with Gasteiger partial charge in [-0.15, -0.1) is 11.3 Å². The number of hydrogen-bond donors (Lipinski definition) is 1. The molecule has 0 spiro atoms. The summed E-state index contributed by atoms with van der Waals surface area (Å²) in [4.78, 5) is 10.3. The van der Waals surface area contributed by atoms with Gasteiger partial charge in [-0.25, -0.2) is 0 Å². The van der Waals surface area contributed by atoms with E-state index in [1.165, 1.54) is 31.8 Å². The van der Waals surface area contributed by atoms with Gasteiger partial charge in [-0.05, 0) is 42.7 Å². The smallest absolute Gasteiger partial charge is 0.0938 e. The van der Waals surface area contributed by atoms with Crippen LogP contribution in [0.1, 0.15) is 27.3 Å². The number of nitrogens with zero attached hydrogens (tertiary/aromatic N) is 2. The minimum absolute atomic E-state index is 0.499. The van der Waals surface area contributed by atoms with Crippen LogP contribution in [0.3, 0.4) is 0 Å². The lowest BCUT2D eigenvalue weighted by Crippen LogP contribution is -2.51. The van der Waals surface area contributed by atoms with Gasteiger partial charge in [0.1, 0.15) is 0 Å². The van der Waals surface area contributed by atoms with E-state index in [1.54, 1.807) is 0 Å². The third kappa shape index (κ3) is 3.87. The highest BCUT2D eigenvalue weighted by Gasteiger charge is 2.25. The fraction of sp³-hybridized carbons (Fsp3) is 0.320. The third-order valence-electron chi connectivity index (χ3n) is 5.95. The molecule has 1 aliphatic carbocycles. The average molecular weight is 402 g/mol. The normalized spacial score (nSPS) is 18.6. The van der Waals surface area contributed by atoms with E-state index in [2.05, 4.69) is 71.7 Å². The summed E-state index contributed by atoms with van der Waals surface area (Å²) in [5.74, 6) is 0. The number of thiophene rings is 1. The van der Waals surface area contributed by atoms with Gasteiger partial charge in [0.05, 0.1) is 11.0 Å². The molecule has 1 unspecified atom stereocenters. The molecule has 1 atom stereocenters. The van der Waals surface area contributed by atoms with Crippen LogP contribution in [0, 0.1) is 6.92 Å². The molecule has 1 aliphatic heterocycles. The summed E-state index contributed by atoms with van der Waals surface area (Å²) < 4.78 is 0. The Morgan fingerprint density at radius 2 is 2.07 bits per heavy atom. The van der Waals surface area contributed by atoms with E-state index in [1.807, 2.05) is 17.5 Å². The Hall–Kier alpha value is -2.43. The van der Waals surface area contributed by atoms with E-state index in [0.717, 1.165) is 44.2 Å². The van der Waals surface area contributed by atoms with Gasteiger partial charge in [0.2, 0.25) is 0 Å². The zero-order chi connectivity index (χ0) is 19.6. The van der Waals surface area contributed by atoms with E-state index in [-0.39, 0.29) is 0 Å². The maximum atomic E-state index is 4.84. The first-order valence-corrected chi connectivity index (χ1v) is 11.4. The van der Waals surface area contributed by atoms with E-state index < -0.39 is 0 Å². The Kier molecular flexibility index (Phi) is 5.21. The summed E-state index contributed by atoms with van der Waals surface area (Å²) in [5.41, 5.74) is 4.15. The van der Waals surface area contributed by atoms with Crippen LogP contribution in [0.25, 0.3) is 11.8 Å². The Balaban J connectivity index is 1.47. The van der Waals surface area contributed by atoms with Crippen LogP contribution in [0.2, 0.25) is 0 Å². The van der Waals surface area contributed by atoms with Crippen molar-refractivity contribution in [3.05, 3.63) is 86.2 Å². The summed E-state index contributed by atoms with van der Waals surface area (Å²) in [7, 11) is 0. The zero-order valence-corrected chi connectivity index (χ0v) is 17.7. The predicted octanol–water partition coefficient (Wildman–Crippen LogP) is 2.85. The summed E-state index contributed by atoms with van der Waals surface area (Å²) in [5, 5.41) is 6.16. The molecule has 4 heteroatoms. The molecule has 3 nitrogen and oxygen atoms in total. The standard InChI is InChI=1S/C25H27N3S/c1-18-16-22-23(29-18)12-10-20-8-5-13-27-24(20)25(22)28-15-14-26-21(17-28)11-9-19-6-3-2-4-7-19/h2-8,10,13,16,21,26H,9,11-12,14-15,17H2,1H3. The van der Waals surface area contributed by atoms with Crippen LogP contribution >= 0.6 is 11.3 Å². The molecule has 0 bridgehead atoms. The van der Waals surface area contributed by atoms with Gasteiger partial charge in [-0.1, -0.05) is 42.5 Å². The maximum Gasteiger partial charge on any atom is 0.0938 e. The van der Waals surface area contributed by atoms with Gasteiger partial charge in [0.25, 0.3) is 0 Å². The molecule has 3 heterocycles. The summed E-state index contributed by atoms with van der Waals surface area (Å²) in [6.45, 7) is 5.30. The minimum Gasteiger partial charge on any atom is -0.366 e. The lowest BCUT2D eigenvalue weighted by molar-refractivity contribution is 0.268. The van der Waals surface area contributed by atoms with Gasteiger partial charge in [0, 0.05) is 53.6 Å². The van der Waals surface area contributed by atoms with Gasteiger partial charge < -0.3 is 10.2 Å². The molecule has 0 saturated carbocycles. The molecule has 5 rings (SSSR count). The minimum atomic E-state index is 0.499. The van der Waals surface area contributed by atoms with Crippen molar-refractivity contribution < 1.29 is 0 Å². The fourth-order valence-electron chi connectivity index (χ4n) is 4.55. The van der Waals surface area contributed by atoms with Crippen LogP contribution in [0.5, 0.6) is 0 Å². The first-order chi connectivity index (χ1) is 14.3. The molecule has 1 aromatic carbocycles. The molecule has 1 fully saturated rings. The van der Waals surface area contributed by atoms with Crippen LogP contribution < -0.4 is 15.9 Å². The largest absolute Gasteiger partial charge is 0.366 e. The molecule has 0 amide bonds. The van der Waals surface area contributed by atoms with Crippen molar-refractivity contribution in [3.8, 4) is 0 Å². The van der Waals surface area contributed by atoms with Crippen molar-refractivity contribution in [1.29, 1.82) is 0 Å². The number of aryl methyl sites for hydroxylation is 2. The summed E-state index contributed by atoms with van der Waals surface area (Å²) in [6, 6.07) is 18.0. The number of aromatic nitrogens is 1. The number of fused-ring (bicyclic) bond motifs is 2. The van der Waals surface area contributed by atoms with Crippen LogP contribution in [-0.4, -0.2) is 35.6 Å². The van der Waals surface area contributed by atoms with Crippen molar-refractivity contribution in [2.24, 2.45) is 0 Å². The second-order valence-electron chi connectivity index (χ2n) is 8.01. The van der Waals surface area contributed by atoms with Crippen molar-refractivity contribution >= 4 is 23.1 Å². The van der Waals surface area contributed by atoms with Crippen molar-refractivity contribution in [2.45, 2.75) is 32.2 Å². The van der Waals surface area contributed by atoms with E-state index in [9.17, 15) is 0 Å². The Morgan fingerprint density at radius 1 is 1.17 bits per heavy atom. The van der Waals surface area contributed by atoms with Crippen LogP contribution in [0.4, 0.5) is 0 Å². The van der Waals surface area contributed by atoms with E-state index in [0.29, 0.717) is 6.04 Å². The van der Waals surface area contributed by atoms with Gasteiger partial charge in [0.15, 0.2) is 0 Å². The average Bonchev–Trinajstić information content (AvgIpc) is 3.05. The highest BCUT2D eigenvalue weighted by Crippen LogP contribution is 2.30. The molecule has 29 heavy (non-hydrogen) atoms. The number of piperazine rings is 1. The number of pyridine rings is 1. The molecule has 2 aliphatic rings. The van der Waals surface area contributed by atoms with Gasteiger partial charge >= 0.3 is 0 Å². The fourth-order valence-corrected chi connectivity index (χ4v) is 5.55. The number of benzene rings is 1. The van der Waals surface area contributed by atoms with E-state index >= 15 is 0 Å². The van der Waals surface area contributed by atoms with Gasteiger partial charge in [-0.3, -0.25) is 4.98 Å². The highest BCUT2D eigenvalue weighted by atomic mass is 32.1. The first kappa shape index (κ1) is 18.6. The Morgan fingerprint density at radius 3 is 2.97 bits per heavy atom. The Bertz CT molecular complexity index is 1120.